The Morgan fingerprint density at radius 3 is 2.32 bits per heavy atom. The van der Waals surface area contributed by atoms with E-state index in [1.807, 2.05) is 0 Å². The number of aliphatic hydroxyl groups is 1. The minimum Gasteiger partial charge on any atom is -0.496 e. The highest BCUT2D eigenvalue weighted by molar-refractivity contribution is 6.30. The van der Waals surface area contributed by atoms with Gasteiger partial charge < -0.3 is 15.6 Å². The van der Waals surface area contributed by atoms with Crippen molar-refractivity contribution in [2.24, 2.45) is 5.73 Å². The van der Waals surface area contributed by atoms with E-state index in [0.29, 0.717) is 16.3 Å². The molecule has 0 aliphatic rings. The Balaban J connectivity index is 3.36. The van der Waals surface area contributed by atoms with E-state index >= 15 is 0 Å². The second-order valence-corrected chi connectivity index (χ2v) is 6.06. The van der Waals surface area contributed by atoms with E-state index in [1.165, 1.54) is 39.2 Å². The van der Waals surface area contributed by atoms with Crippen molar-refractivity contribution < 1.29 is 27.8 Å². The molecule has 8 heteroatoms. The van der Waals surface area contributed by atoms with E-state index in [-0.39, 0.29) is 0 Å². The summed E-state index contributed by atoms with van der Waals surface area (Å²) in [6.07, 6.45) is -6.16. The van der Waals surface area contributed by atoms with Crippen molar-refractivity contribution in [3.63, 3.8) is 0 Å². The minimum atomic E-state index is -5.19. The maximum Gasteiger partial charge on any atom is 0.426 e. The molecule has 22 heavy (non-hydrogen) atoms. The molecule has 0 aliphatic heterocycles. The third-order valence-electron chi connectivity index (χ3n) is 3.47. The highest BCUT2D eigenvalue weighted by Gasteiger charge is 2.60. The first-order chi connectivity index (χ1) is 9.85. The molecule has 1 unspecified atom stereocenters. The number of hydrogen-bond donors (Lipinski definition) is 2. The van der Waals surface area contributed by atoms with Crippen LogP contribution in [0.15, 0.2) is 18.2 Å². The number of carbonyl (C=O) groups is 1. The van der Waals surface area contributed by atoms with Gasteiger partial charge in [-0.1, -0.05) is 25.4 Å². The monoisotopic (exact) mass is 339 g/mol. The number of carbonyl (C=O) groups excluding carboxylic acids is 1. The lowest BCUT2D eigenvalue weighted by atomic mass is 9.74. The second-order valence-electron chi connectivity index (χ2n) is 5.63. The number of rotatable bonds is 5. The summed E-state index contributed by atoms with van der Waals surface area (Å²) < 4.78 is 44.3. The fraction of sp³-hybridized carbons (Fsp3) is 0.500. The molecule has 0 fully saturated rings. The van der Waals surface area contributed by atoms with Crippen molar-refractivity contribution >= 4 is 17.5 Å². The third kappa shape index (κ3) is 3.47. The third-order valence-corrected chi connectivity index (χ3v) is 3.70. The molecule has 0 spiro atoms. The zero-order valence-corrected chi connectivity index (χ0v) is 13.0. The van der Waals surface area contributed by atoms with Gasteiger partial charge in [-0.3, -0.25) is 4.79 Å². The fourth-order valence-electron chi connectivity index (χ4n) is 2.27. The second kappa shape index (κ2) is 5.96. The van der Waals surface area contributed by atoms with Gasteiger partial charge >= 0.3 is 6.18 Å². The normalized spacial score (nSPS) is 15.3. The van der Waals surface area contributed by atoms with Gasteiger partial charge in [-0.25, -0.2) is 0 Å². The summed E-state index contributed by atoms with van der Waals surface area (Å²) in [5.74, 6) is -1.56. The largest absolute Gasteiger partial charge is 0.496 e. The molecule has 0 heterocycles. The number of halogens is 4. The number of methoxy groups -OCH3 is 1. The van der Waals surface area contributed by atoms with E-state index in [9.17, 15) is 23.1 Å². The minimum absolute atomic E-state index is 0.290. The quantitative estimate of drug-likeness (QED) is 0.866. The molecule has 4 nitrogen and oxygen atoms in total. The van der Waals surface area contributed by atoms with Gasteiger partial charge in [0.15, 0.2) is 0 Å². The summed E-state index contributed by atoms with van der Waals surface area (Å²) in [4.78, 5) is 11.2. The molecule has 1 aromatic rings. The predicted molar refractivity (Wildman–Crippen MR) is 75.8 cm³/mol. The molecule has 0 radical (unpaired) electrons. The summed E-state index contributed by atoms with van der Waals surface area (Å²) in [5.41, 5.74) is 0.171. The van der Waals surface area contributed by atoms with Crippen molar-refractivity contribution in [2.75, 3.05) is 7.11 Å². The van der Waals surface area contributed by atoms with Crippen LogP contribution in [0.3, 0.4) is 0 Å². The summed E-state index contributed by atoms with van der Waals surface area (Å²) in [5, 5.41) is 10.1. The maximum absolute atomic E-state index is 13.1. The predicted octanol–water partition coefficient (Wildman–Crippen LogP) is 2.80. The lowest BCUT2D eigenvalue weighted by Crippen LogP contribution is -2.58. The van der Waals surface area contributed by atoms with E-state index < -0.39 is 29.5 Å². The van der Waals surface area contributed by atoms with Gasteiger partial charge in [-0.2, -0.15) is 13.2 Å². The molecule has 1 rings (SSSR count). The zero-order chi connectivity index (χ0) is 17.3. The standard InChI is InChI=1S/C14H17ClF3NO3/c1-12(2,7-13(21,11(19)20)14(16,17)18)9-6-8(15)4-5-10(9)22-3/h4-6,21H,7H2,1-3H3,(H2,19,20). The molecule has 0 saturated carbocycles. The Kier molecular flexibility index (Phi) is 5.04. The molecule has 3 N–H and O–H groups in total. The molecular formula is C14H17ClF3NO3. The van der Waals surface area contributed by atoms with Crippen LogP contribution in [0, 0.1) is 0 Å². The summed E-state index contributed by atoms with van der Waals surface area (Å²) in [7, 11) is 1.35. The van der Waals surface area contributed by atoms with Crippen molar-refractivity contribution in [3.05, 3.63) is 28.8 Å². The van der Waals surface area contributed by atoms with Gasteiger partial charge in [-0.15, -0.1) is 0 Å². The number of benzene rings is 1. The Hall–Kier alpha value is -1.47. The molecule has 0 saturated heterocycles. The van der Waals surface area contributed by atoms with Gasteiger partial charge in [0, 0.05) is 17.0 Å². The van der Waals surface area contributed by atoms with Gasteiger partial charge in [0.1, 0.15) is 5.75 Å². The number of ether oxygens (including phenoxy) is 1. The number of nitrogens with two attached hydrogens (primary N) is 1. The SMILES string of the molecule is COc1ccc(Cl)cc1C(C)(C)CC(O)(C(N)=O)C(F)(F)F. The first-order valence-corrected chi connectivity index (χ1v) is 6.66. The van der Waals surface area contributed by atoms with Crippen LogP contribution in [-0.2, 0) is 10.2 Å². The van der Waals surface area contributed by atoms with Crippen LogP contribution in [0.5, 0.6) is 5.75 Å². The Bertz CT molecular complexity index is 575. The van der Waals surface area contributed by atoms with Crippen molar-refractivity contribution in [3.8, 4) is 5.75 Å². The van der Waals surface area contributed by atoms with Gasteiger partial charge in [-0.05, 0) is 23.6 Å². The van der Waals surface area contributed by atoms with Crippen LogP contribution in [-0.4, -0.2) is 29.9 Å². The average molecular weight is 340 g/mol. The molecule has 1 amide bonds. The van der Waals surface area contributed by atoms with E-state index in [1.54, 1.807) is 0 Å². The summed E-state index contributed by atoms with van der Waals surface area (Å²) >= 11 is 5.87. The lowest BCUT2D eigenvalue weighted by molar-refractivity contribution is -0.255. The van der Waals surface area contributed by atoms with E-state index in [2.05, 4.69) is 0 Å². The smallest absolute Gasteiger partial charge is 0.426 e. The first kappa shape index (κ1) is 18.6. The Morgan fingerprint density at radius 2 is 1.91 bits per heavy atom. The fourth-order valence-corrected chi connectivity index (χ4v) is 2.44. The van der Waals surface area contributed by atoms with Crippen LogP contribution < -0.4 is 10.5 Å². The topological polar surface area (TPSA) is 72.6 Å². The molecular weight excluding hydrogens is 323 g/mol. The Labute approximate surface area is 131 Å². The van der Waals surface area contributed by atoms with Crippen LogP contribution >= 0.6 is 11.6 Å². The lowest BCUT2D eigenvalue weighted by Gasteiger charge is -2.36. The summed E-state index contributed by atoms with van der Waals surface area (Å²) in [6, 6.07) is 4.44. The highest BCUT2D eigenvalue weighted by atomic mass is 35.5. The number of alkyl halides is 3. The van der Waals surface area contributed by atoms with Gasteiger partial charge in [0.05, 0.1) is 7.11 Å². The van der Waals surface area contributed by atoms with Crippen molar-refractivity contribution in [1.82, 2.24) is 0 Å². The average Bonchev–Trinajstić information content (AvgIpc) is 2.36. The van der Waals surface area contributed by atoms with Crippen molar-refractivity contribution in [2.45, 2.75) is 37.5 Å². The van der Waals surface area contributed by atoms with Crippen LogP contribution in [0.2, 0.25) is 5.02 Å². The number of amides is 1. The van der Waals surface area contributed by atoms with Gasteiger partial charge in [0.25, 0.3) is 5.91 Å². The van der Waals surface area contributed by atoms with Crippen LogP contribution in [0.1, 0.15) is 25.8 Å². The zero-order valence-electron chi connectivity index (χ0n) is 12.3. The Morgan fingerprint density at radius 1 is 1.36 bits per heavy atom. The van der Waals surface area contributed by atoms with E-state index in [0.717, 1.165) is 0 Å². The van der Waals surface area contributed by atoms with E-state index in [4.69, 9.17) is 22.1 Å². The highest BCUT2D eigenvalue weighted by Crippen LogP contribution is 2.43. The van der Waals surface area contributed by atoms with Crippen LogP contribution in [0.4, 0.5) is 13.2 Å². The molecule has 124 valence electrons. The molecule has 1 atom stereocenters. The first-order valence-electron chi connectivity index (χ1n) is 6.28. The summed E-state index contributed by atoms with van der Waals surface area (Å²) in [6.45, 7) is 2.86. The molecule has 1 aromatic carbocycles. The molecule has 0 aromatic heterocycles. The number of primary amides is 1. The molecule has 0 aliphatic carbocycles. The maximum atomic E-state index is 13.1. The van der Waals surface area contributed by atoms with Crippen LogP contribution in [0.25, 0.3) is 0 Å². The number of hydrogen-bond acceptors (Lipinski definition) is 3. The molecule has 0 bridgehead atoms. The van der Waals surface area contributed by atoms with Crippen molar-refractivity contribution in [1.29, 1.82) is 0 Å². The van der Waals surface area contributed by atoms with Gasteiger partial charge in [0.2, 0.25) is 5.60 Å².